The summed E-state index contributed by atoms with van der Waals surface area (Å²) < 4.78 is 0. The number of aliphatic hydroxyl groups is 1. The predicted octanol–water partition coefficient (Wildman–Crippen LogP) is 1.56. The summed E-state index contributed by atoms with van der Waals surface area (Å²) in [6.07, 6.45) is 4.29. The highest BCUT2D eigenvalue weighted by atomic mass is 16.3. The summed E-state index contributed by atoms with van der Waals surface area (Å²) in [5.41, 5.74) is 1.40. The van der Waals surface area contributed by atoms with Gasteiger partial charge in [-0.2, -0.15) is 0 Å². The Hall–Kier alpha value is -1.74. The van der Waals surface area contributed by atoms with Crippen LogP contribution in [0.4, 0.5) is 0 Å². The van der Waals surface area contributed by atoms with Crippen LogP contribution in [0.1, 0.15) is 17.4 Å². The molecular weight excluding hydrogens is 176 g/mol. The maximum atomic E-state index is 9.89. The Labute approximate surface area is 82.1 Å². The van der Waals surface area contributed by atoms with Crippen LogP contribution in [0.3, 0.4) is 0 Å². The van der Waals surface area contributed by atoms with Gasteiger partial charge < -0.3 is 5.11 Å². The van der Waals surface area contributed by atoms with E-state index in [9.17, 15) is 5.11 Å². The summed E-state index contributed by atoms with van der Waals surface area (Å²) in [7, 11) is 0. The number of rotatable bonds is 2. The quantitative estimate of drug-likeness (QED) is 0.774. The molecule has 3 nitrogen and oxygen atoms in total. The number of nitrogens with zero attached hydrogens (tertiary/aromatic N) is 2. The summed E-state index contributed by atoms with van der Waals surface area (Å²) in [6.45, 7) is 0. The van der Waals surface area contributed by atoms with Crippen molar-refractivity contribution in [2.24, 2.45) is 0 Å². The van der Waals surface area contributed by atoms with Crippen molar-refractivity contribution in [1.82, 2.24) is 9.97 Å². The van der Waals surface area contributed by atoms with Gasteiger partial charge in [0.05, 0.1) is 5.69 Å². The van der Waals surface area contributed by atoms with Crippen LogP contribution in [0, 0.1) is 0 Å². The zero-order valence-corrected chi connectivity index (χ0v) is 7.54. The van der Waals surface area contributed by atoms with E-state index in [2.05, 4.69) is 9.97 Å². The summed E-state index contributed by atoms with van der Waals surface area (Å²) in [4.78, 5) is 8.02. The summed E-state index contributed by atoms with van der Waals surface area (Å²) >= 11 is 0. The third kappa shape index (κ3) is 1.78. The minimum absolute atomic E-state index is 0.639. The number of hydrogen-bond donors (Lipinski definition) is 1. The van der Waals surface area contributed by atoms with Crippen molar-refractivity contribution in [3.05, 3.63) is 60.2 Å². The molecule has 14 heavy (non-hydrogen) atoms. The maximum absolute atomic E-state index is 9.89. The molecule has 0 fully saturated rings. The number of pyridine rings is 2. The van der Waals surface area contributed by atoms with Gasteiger partial charge in [-0.25, -0.2) is 0 Å². The fraction of sp³-hybridized carbons (Fsp3) is 0.0909. The van der Waals surface area contributed by atoms with E-state index < -0.39 is 6.10 Å². The predicted molar refractivity (Wildman–Crippen MR) is 52.5 cm³/mol. The fourth-order valence-electron chi connectivity index (χ4n) is 1.25. The average Bonchev–Trinajstić information content (AvgIpc) is 2.30. The molecule has 0 bridgehead atoms. The molecule has 1 unspecified atom stereocenters. The molecule has 0 saturated heterocycles. The molecule has 0 radical (unpaired) electrons. The van der Waals surface area contributed by atoms with Gasteiger partial charge in [0.2, 0.25) is 0 Å². The molecular formula is C11H10N2O. The third-order valence-corrected chi connectivity index (χ3v) is 1.97. The topological polar surface area (TPSA) is 46.0 Å². The maximum Gasteiger partial charge on any atom is 0.122 e. The first-order valence-electron chi connectivity index (χ1n) is 4.37. The lowest BCUT2D eigenvalue weighted by Crippen LogP contribution is -2.01. The lowest BCUT2D eigenvalue weighted by Gasteiger charge is -2.08. The van der Waals surface area contributed by atoms with E-state index in [1.165, 1.54) is 0 Å². The Morgan fingerprint density at radius 2 is 2.00 bits per heavy atom. The van der Waals surface area contributed by atoms with Crippen LogP contribution in [0.15, 0.2) is 48.9 Å². The second-order valence-electron chi connectivity index (χ2n) is 2.94. The highest BCUT2D eigenvalue weighted by molar-refractivity contribution is 5.22. The largest absolute Gasteiger partial charge is 0.382 e. The van der Waals surface area contributed by atoms with Gasteiger partial charge in [0.25, 0.3) is 0 Å². The van der Waals surface area contributed by atoms with Crippen molar-refractivity contribution in [2.45, 2.75) is 6.10 Å². The average molecular weight is 186 g/mol. The lowest BCUT2D eigenvalue weighted by molar-refractivity contribution is 0.215. The van der Waals surface area contributed by atoms with E-state index >= 15 is 0 Å². The molecule has 70 valence electrons. The van der Waals surface area contributed by atoms with E-state index in [1.807, 2.05) is 18.2 Å². The van der Waals surface area contributed by atoms with Crippen molar-refractivity contribution >= 4 is 0 Å². The minimum Gasteiger partial charge on any atom is -0.382 e. The molecule has 1 N–H and O–H groups in total. The first kappa shape index (κ1) is 8.84. The van der Waals surface area contributed by atoms with Crippen LogP contribution in [-0.2, 0) is 0 Å². The van der Waals surface area contributed by atoms with Crippen molar-refractivity contribution in [3.8, 4) is 0 Å². The van der Waals surface area contributed by atoms with Crippen LogP contribution in [0.2, 0.25) is 0 Å². The van der Waals surface area contributed by atoms with Gasteiger partial charge in [0, 0.05) is 24.2 Å². The Balaban J connectivity index is 2.30. The van der Waals surface area contributed by atoms with Crippen LogP contribution < -0.4 is 0 Å². The molecule has 2 aromatic heterocycles. The van der Waals surface area contributed by atoms with Gasteiger partial charge >= 0.3 is 0 Å². The highest BCUT2D eigenvalue weighted by Crippen LogP contribution is 2.17. The normalized spacial score (nSPS) is 12.4. The SMILES string of the molecule is OC(c1cccnc1)c1ccccn1. The zero-order chi connectivity index (χ0) is 9.80. The van der Waals surface area contributed by atoms with Gasteiger partial charge in [-0.15, -0.1) is 0 Å². The number of aliphatic hydroxyl groups excluding tert-OH is 1. The molecule has 0 saturated carbocycles. The zero-order valence-electron chi connectivity index (χ0n) is 7.54. The third-order valence-electron chi connectivity index (χ3n) is 1.97. The van der Waals surface area contributed by atoms with Crippen molar-refractivity contribution in [2.75, 3.05) is 0 Å². The van der Waals surface area contributed by atoms with E-state index in [-0.39, 0.29) is 0 Å². The Morgan fingerprint density at radius 3 is 2.64 bits per heavy atom. The molecule has 2 aromatic rings. The Kier molecular flexibility index (Phi) is 2.51. The van der Waals surface area contributed by atoms with Crippen molar-refractivity contribution < 1.29 is 5.11 Å². The second-order valence-corrected chi connectivity index (χ2v) is 2.94. The molecule has 0 aromatic carbocycles. The van der Waals surface area contributed by atoms with Crippen LogP contribution in [-0.4, -0.2) is 15.1 Å². The summed E-state index contributed by atoms with van der Waals surface area (Å²) in [6, 6.07) is 9.08. The molecule has 2 rings (SSSR count). The molecule has 0 aliphatic rings. The number of hydrogen-bond acceptors (Lipinski definition) is 3. The molecule has 0 spiro atoms. The summed E-state index contributed by atoms with van der Waals surface area (Å²) in [5.74, 6) is 0. The van der Waals surface area contributed by atoms with Crippen LogP contribution in [0.5, 0.6) is 0 Å². The molecule has 1 atom stereocenters. The second kappa shape index (κ2) is 3.98. The first-order chi connectivity index (χ1) is 6.88. The minimum atomic E-state index is -0.690. The molecule has 0 amide bonds. The van der Waals surface area contributed by atoms with Gasteiger partial charge in [-0.1, -0.05) is 12.1 Å². The van der Waals surface area contributed by atoms with Crippen LogP contribution >= 0.6 is 0 Å². The smallest absolute Gasteiger partial charge is 0.122 e. The van der Waals surface area contributed by atoms with Gasteiger partial charge in [-0.05, 0) is 18.2 Å². The Bertz CT molecular complexity index is 349. The van der Waals surface area contributed by atoms with E-state index in [1.54, 1.807) is 30.7 Å². The van der Waals surface area contributed by atoms with Crippen molar-refractivity contribution in [1.29, 1.82) is 0 Å². The first-order valence-corrected chi connectivity index (χ1v) is 4.37. The summed E-state index contributed by atoms with van der Waals surface area (Å²) in [5, 5.41) is 9.89. The number of aromatic nitrogens is 2. The molecule has 0 aliphatic carbocycles. The lowest BCUT2D eigenvalue weighted by atomic mass is 10.1. The van der Waals surface area contributed by atoms with E-state index in [0.29, 0.717) is 5.69 Å². The Morgan fingerprint density at radius 1 is 1.07 bits per heavy atom. The molecule has 0 aliphatic heterocycles. The van der Waals surface area contributed by atoms with Gasteiger partial charge in [-0.3, -0.25) is 9.97 Å². The molecule has 3 heteroatoms. The van der Waals surface area contributed by atoms with Crippen LogP contribution in [0.25, 0.3) is 0 Å². The van der Waals surface area contributed by atoms with E-state index in [0.717, 1.165) is 5.56 Å². The fourth-order valence-corrected chi connectivity index (χ4v) is 1.25. The molecule has 2 heterocycles. The standard InChI is InChI=1S/C11H10N2O/c14-11(9-4-3-6-12-8-9)10-5-1-2-7-13-10/h1-8,11,14H. The van der Waals surface area contributed by atoms with Gasteiger partial charge in [0.1, 0.15) is 6.10 Å². The van der Waals surface area contributed by atoms with Gasteiger partial charge in [0.15, 0.2) is 0 Å². The van der Waals surface area contributed by atoms with Crippen molar-refractivity contribution in [3.63, 3.8) is 0 Å². The van der Waals surface area contributed by atoms with E-state index in [4.69, 9.17) is 0 Å². The highest BCUT2D eigenvalue weighted by Gasteiger charge is 2.10. The monoisotopic (exact) mass is 186 g/mol.